The van der Waals surface area contributed by atoms with Crippen LogP contribution in [0.25, 0.3) is 0 Å². The van der Waals surface area contributed by atoms with Gasteiger partial charge in [0.15, 0.2) is 0 Å². The SMILES string of the molecule is CCc1ccccc1NC(=O)CN1CCN(C(=O)C2CCNC2)CC1. The number of piperazine rings is 1. The van der Waals surface area contributed by atoms with E-state index in [2.05, 4.69) is 22.5 Å². The van der Waals surface area contributed by atoms with Crippen LogP contribution in [0.3, 0.4) is 0 Å². The van der Waals surface area contributed by atoms with Gasteiger partial charge in [0.2, 0.25) is 11.8 Å². The molecule has 2 N–H and O–H groups in total. The van der Waals surface area contributed by atoms with Gasteiger partial charge in [-0.3, -0.25) is 14.5 Å². The largest absolute Gasteiger partial charge is 0.340 e. The Bertz CT molecular complexity index is 605. The van der Waals surface area contributed by atoms with Gasteiger partial charge in [-0.15, -0.1) is 0 Å². The van der Waals surface area contributed by atoms with Crippen molar-refractivity contribution in [1.29, 1.82) is 0 Å². The zero-order valence-corrected chi connectivity index (χ0v) is 15.0. The van der Waals surface area contributed by atoms with Crippen LogP contribution in [0.15, 0.2) is 24.3 Å². The number of hydrogen-bond acceptors (Lipinski definition) is 4. The van der Waals surface area contributed by atoms with Crippen molar-refractivity contribution >= 4 is 17.5 Å². The van der Waals surface area contributed by atoms with Crippen molar-refractivity contribution in [3.05, 3.63) is 29.8 Å². The molecule has 6 heteroatoms. The zero-order valence-electron chi connectivity index (χ0n) is 15.0. The van der Waals surface area contributed by atoms with Gasteiger partial charge in [0.05, 0.1) is 12.5 Å². The first kappa shape index (κ1) is 17.9. The van der Waals surface area contributed by atoms with E-state index in [1.165, 1.54) is 0 Å². The molecule has 2 aliphatic rings. The molecule has 25 heavy (non-hydrogen) atoms. The fraction of sp³-hybridized carbons (Fsp3) is 0.579. The lowest BCUT2D eigenvalue weighted by molar-refractivity contribution is -0.136. The lowest BCUT2D eigenvalue weighted by atomic mass is 10.1. The number of rotatable bonds is 5. The fourth-order valence-corrected chi connectivity index (χ4v) is 3.59. The summed E-state index contributed by atoms with van der Waals surface area (Å²) in [5.74, 6) is 0.423. The molecule has 2 heterocycles. The molecule has 0 saturated carbocycles. The summed E-state index contributed by atoms with van der Waals surface area (Å²) in [4.78, 5) is 28.8. The summed E-state index contributed by atoms with van der Waals surface area (Å²) < 4.78 is 0. The molecule has 1 atom stereocenters. The molecular formula is C19H28N4O2. The van der Waals surface area contributed by atoms with Gasteiger partial charge in [-0.05, 0) is 31.0 Å². The third kappa shape index (κ3) is 4.58. The predicted octanol–water partition coefficient (Wildman–Crippen LogP) is 0.941. The van der Waals surface area contributed by atoms with E-state index >= 15 is 0 Å². The van der Waals surface area contributed by atoms with Crippen LogP contribution in [0.1, 0.15) is 18.9 Å². The summed E-state index contributed by atoms with van der Waals surface area (Å²) in [6.07, 6.45) is 1.84. The van der Waals surface area contributed by atoms with Crippen LogP contribution in [0.2, 0.25) is 0 Å². The summed E-state index contributed by atoms with van der Waals surface area (Å²) in [6, 6.07) is 7.92. The highest BCUT2D eigenvalue weighted by molar-refractivity contribution is 5.93. The topological polar surface area (TPSA) is 64.7 Å². The summed E-state index contributed by atoms with van der Waals surface area (Å²) in [5, 5.41) is 6.27. The fourth-order valence-electron chi connectivity index (χ4n) is 3.59. The van der Waals surface area contributed by atoms with E-state index < -0.39 is 0 Å². The van der Waals surface area contributed by atoms with Crippen molar-refractivity contribution in [2.75, 3.05) is 51.1 Å². The molecule has 1 aromatic carbocycles. The van der Waals surface area contributed by atoms with Crippen LogP contribution in [0.4, 0.5) is 5.69 Å². The molecule has 2 aliphatic heterocycles. The molecule has 0 radical (unpaired) electrons. The predicted molar refractivity (Wildman–Crippen MR) is 98.4 cm³/mol. The molecule has 6 nitrogen and oxygen atoms in total. The van der Waals surface area contributed by atoms with Crippen molar-refractivity contribution in [1.82, 2.24) is 15.1 Å². The van der Waals surface area contributed by atoms with Crippen LogP contribution < -0.4 is 10.6 Å². The maximum absolute atomic E-state index is 12.4. The van der Waals surface area contributed by atoms with Crippen molar-refractivity contribution < 1.29 is 9.59 Å². The van der Waals surface area contributed by atoms with Gasteiger partial charge in [0.1, 0.15) is 0 Å². The van der Waals surface area contributed by atoms with E-state index in [4.69, 9.17) is 0 Å². The number of anilines is 1. The monoisotopic (exact) mass is 344 g/mol. The molecule has 3 rings (SSSR count). The molecule has 0 spiro atoms. The van der Waals surface area contributed by atoms with Gasteiger partial charge < -0.3 is 15.5 Å². The molecule has 1 unspecified atom stereocenters. The second-order valence-corrected chi connectivity index (χ2v) is 6.85. The quantitative estimate of drug-likeness (QED) is 0.834. The summed E-state index contributed by atoms with van der Waals surface area (Å²) in [6.45, 7) is 7.16. The Labute approximate surface area is 149 Å². The average molecular weight is 344 g/mol. The van der Waals surface area contributed by atoms with Crippen LogP contribution in [-0.4, -0.2) is 67.4 Å². The molecule has 2 amide bonds. The van der Waals surface area contributed by atoms with E-state index in [1.54, 1.807) is 0 Å². The molecule has 2 fully saturated rings. The first-order valence-corrected chi connectivity index (χ1v) is 9.27. The second kappa shape index (κ2) is 8.45. The standard InChI is InChI=1S/C19H28N4O2/c1-2-15-5-3-4-6-17(15)21-18(24)14-22-9-11-23(12-10-22)19(25)16-7-8-20-13-16/h3-6,16,20H,2,7-14H2,1H3,(H,21,24). The third-order valence-corrected chi connectivity index (χ3v) is 5.13. The normalized spacial score (nSPS) is 21.3. The number of nitrogens with one attached hydrogen (secondary N) is 2. The number of carbonyl (C=O) groups excluding carboxylic acids is 2. The van der Waals surface area contributed by atoms with Gasteiger partial charge in [-0.2, -0.15) is 0 Å². The first-order valence-electron chi connectivity index (χ1n) is 9.27. The van der Waals surface area contributed by atoms with Gasteiger partial charge in [0.25, 0.3) is 0 Å². The summed E-state index contributed by atoms with van der Waals surface area (Å²) >= 11 is 0. The van der Waals surface area contributed by atoms with Gasteiger partial charge in [0, 0.05) is 38.4 Å². The van der Waals surface area contributed by atoms with Gasteiger partial charge >= 0.3 is 0 Å². The molecule has 0 aromatic heterocycles. The number of carbonyl (C=O) groups is 2. The minimum absolute atomic E-state index is 0.0145. The Morgan fingerprint density at radius 3 is 2.64 bits per heavy atom. The van der Waals surface area contributed by atoms with E-state index in [1.807, 2.05) is 29.2 Å². The number of amides is 2. The Hall–Kier alpha value is -1.92. The smallest absolute Gasteiger partial charge is 0.238 e. The van der Waals surface area contributed by atoms with Crippen molar-refractivity contribution in [3.63, 3.8) is 0 Å². The van der Waals surface area contributed by atoms with E-state index in [9.17, 15) is 9.59 Å². The van der Waals surface area contributed by atoms with Crippen molar-refractivity contribution in [2.24, 2.45) is 5.92 Å². The van der Waals surface area contributed by atoms with E-state index in [0.29, 0.717) is 19.6 Å². The molecule has 136 valence electrons. The first-order chi connectivity index (χ1) is 12.2. The number of aryl methyl sites for hydroxylation is 1. The van der Waals surface area contributed by atoms with Crippen molar-refractivity contribution in [2.45, 2.75) is 19.8 Å². The maximum Gasteiger partial charge on any atom is 0.238 e. The summed E-state index contributed by atoms with van der Waals surface area (Å²) in [7, 11) is 0. The second-order valence-electron chi connectivity index (χ2n) is 6.85. The number of benzene rings is 1. The zero-order chi connectivity index (χ0) is 17.6. The molecule has 0 aliphatic carbocycles. The number of hydrogen-bond donors (Lipinski definition) is 2. The Morgan fingerprint density at radius 1 is 1.20 bits per heavy atom. The Morgan fingerprint density at radius 2 is 1.96 bits per heavy atom. The Kier molecular flexibility index (Phi) is 6.04. The summed E-state index contributed by atoms with van der Waals surface area (Å²) in [5.41, 5.74) is 2.05. The molecule has 2 saturated heterocycles. The minimum atomic E-state index is 0.0145. The molecular weight excluding hydrogens is 316 g/mol. The lowest BCUT2D eigenvalue weighted by Crippen LogP contribution is -2.52. The number of nitrogens with zero attached hydrogens (tertiary/aromatic N) is 2. The lowest BCUT2D eigenvalue weighted by Gasteiger charge is -2.35. The highest BCUT2D eigenvalue weighted by Gasteiger charge is 2.29. The average Bonchev–Trinajstić information content (AvgIpc) is 3.17. The van der Waals surface area contributed by atoms with E-state index in [-0.39, 0.29) is 17.7 Å². The highest BCUT2D eigenvalue weighted by Crippen LogP contribution is 2.16. The highest BCUT2D eigenvalue weighted by atomic mass is 16.2. The van der Waals surface area contributed by atoms with Crippen LogP contribution in [0, 0.1) is 5.92 Å². The van der Waals surface area contributed by atoms with Gasteiger partial charge in [-0.1, -0.05) is 25.1 Å². The minimum Gasteiger partial charge on any atom is -0.340 e. The van der Waals surface area contributed by atoms with Crippen molar-refractivity contribution in [3.8, 4) is 0 Å². The maximum atomic E-state index is 12.4. The van der Waals surface area contributed by atoms with Gasteiger partial charge in [-0.25, -0.2) is 0 Å². The van der Waals surface area contributed by atoms with Crippen LogP contribution in [-0.2, 0) is 16.0 Å². The molecule has 0 bridgehead atoms. The van der Waals surface area contributed by atoms with Crippen LogP contribution >= 0.6 is 0 Å². The molecule has 1 aromatic rings. The third-order valence-electron chi connectivity index (χ3n) is 5.13. The Balaban J connectivity index is 1.45. The van der Waals surface area contributed by atoms with E-state index in [0.717, 1.165) is 50.3 Å². The number of para-hydroxylation sites is 1. The van der Waals surface area contributed by atoms with Crippen LogP contribution in [0.5, 0.6) is 0 Å².